The van der Waals surface area contributed by atoms with E-state index in [9.17, 15) is 0 Å². The first-order valence-corrected chi connectivity index (χ1v) is 8.81. The third-order valence-corrected chi connectivity index (χ3v) is 5.73. The standard InChI is InChI=1S/C17H24BrFN4/c18-16(17(19)10-4-2-1-3-5-11-17)9-6-7-13(8-12-16)14(20)23-15(21)22/h6-9,12H,1-5,10-11H2,(H5,20,21,22,23). The predicted octanol–water partition coefficient (Wildman–Crippen LogP) is 3.88. The molecule has 1 saturated carbocycles. The lowest BCUT2D eigenvalue weighted by atomic mass is 9.78. The number of nitrogens with two attached hydrogens (primary N) is 2. The molecule has 0 aromatic carbocycles. The summed E-state index contributed by atoms with van der Waals surface area (Å²) < 4.78 is 14.9. The van der Waals surface area contributed by atoms with E-state index in [1.165, 1.54) is 6.42 Å². The van der Waals surface area contributed by atoms with Crippen LogP contribution in [0.3, 0.4) is 0 Å². The predicted molar refractivity (Wildman–Crippen MR) is 97.7 cm³/mol. The second kappa shape index (κ2) is 7.43. The molecule has 2 aliphatic carbocycles. The van der Waals surface area contributed by atoms with Gasteiger partial charge in [-0.05, 0) is 12.8 Å². The Kier molecular flexibility index (Phi) is 5.79. The maximum absolute atomic E-state index is 15.7. The maximum atomic E-state index is 15.7. The van der Waals surface area contributed by atoms with E-state index < -0.39 is 9.99 Å². The number of guanidine groups is 1. The number of alkyl halides is 2. The Bertz CT molecular complexity index is 571. The average Bonchev–Trinajstić information content (AvgIpc) is 2.66. The van der Waals surface area contributed by atoms with Crippen molar-refractivity contribution in [2.24, 2.45) is 16.5 Å². The van der Waals surface area contributed by atoms with Gasteiger partial charge in [-0.25, -0.2) is 4.39 Å². The lowest BCUT2D eigenvalue weighted by Gasteiger charge is -2.39. The van der Waals surface area contributed by atoms with Crippen molar-refractivity contribution in [2.45, 2.75) is 54.9 Å². The molecule has 0 aromatic heterocycles. The number of hydrogen-bond donors (Lipinski definition) is 3. The number of amidine groups is 1. The van der Waals surface area contributed by atoms with E-state index in [0.717, 1.165) is 25.7 Å². The van der Waals surface area contributed by atoms with Crippen molar-refractivity contribution in [3.63, 3.8) is 0 Å². The topological polar surface area (TPSA) is 88.2 Å². The van der Waals surface area contributed by atoms with Crippen LogP contribution in [-0.2, 0) is 0 Å². The molecule has 0 aliphatic heterocycles. The molecule has 5 N–H and O–H groups in total. The Morgan fingerprint density at radius 1 is 1.13 bits per heavy atom. The molecule has 0 heterocycles. The molecule has 1 fully saturated rings. The molecule has 2 rings (SSSR count). The highest BCUT2D eigenvalue weighted by Crippen LogP contribution is 2.46. The van der Waals surface area contributed by atoms with Crippen molar-refractivity contribution in [2.75, 3.05) is 0 Å². The monoisotopic (exact) mass is 382 g/mol. The molecule has 0 bridgehead atoms. The van der Waals surface area contributed by atoms with Crippen LogP contribution >= 0.6 is 15.9 Å². The minimum Gasteiger partial charge on any atom is -0.383 e. The molecular weight excluding hydrogens is 359 g/mol. The third kappa shape index (κ3) is 4.31. The van der Waals surface area contributed by atoms with Gasteiger partial charge in [0.15, 0.2) is 0 Å². The van der Waals surface area contributed by atoms with Gasteiger partial charge in [0, 0.05) is 5.57 Å². The van der Waals surface area contributed by atoms with Crippen LogP contribution < -0.4 is 11.5 Å². The summed E-state index contributed by atoms with van der Waals surface area (Å²) >= 11 is 3.62. The highest BCUT2D eigenvalue weighted by molar-refractivity contribution is 9.10. The van der Waals surface area contributed by atoms with Crippen LogP contribution in [0.25, 0.3) is 0 Å². The van der Waals surface area contributed by atoms with Crippen molar-refractivity contribution in [1.29, 1.82) is 5.41 Å². The van der Waals surface area contributed by atoms with Gasteiger partial charge in [-0.3, -0.25) is 5.41 Å². The molecule has 1 atom stereocenters. The number of nitrogens with one attached hydrogen (secondary N) is 1. The van der Waals surface area contributed by atoms with Gasteiger partial charge in [0.05, 0.1) is 4.32 Å². The third-order valence-electron chi connectivity index (χ3n) is 4.49. The SMILES string of the molecule is N=C(N)/N=C(\N)C1=CC=CC(Br)(C2(F)CCCCCCC2)C=C1. The highest BCUT2D eigenvalue weighted by atomic mass is 79.9. The normalized spacial score (nSPS) is 28.4. The van der Waals surface area contributed by atoms with Crippen LogP contribution in [0.1, 0.15) is 44.9 Å². The Morgan fingerprint density at radius 2 is 1.74 bits per heavy atom. The molecule has 0 aromatic rings. The first kappa shape index (κ1) is 17.9. The quantitative estimate of drug-likeness (QED) is 0.384. The van der Waals surface area contributed by atoms with Gasteiger partial charge in [-0.2, -0.15) is 4.99 Å². The average molecular weight is 383 g/mol. The molecule has 6 heteroatoms. The minimum absolute atomic E-state index is 0.153. The summed E-state index contributed by atoms with van der Waals surface area (Å²) in [5.41, 5.74) is 10.4. The second-order valence-electron chi connectivity index (χ2n) is 6.20. The summed E-state index contributed by atoms with van der Waals surface area (Å²) in [4.78, 5) is 3.74. The van der Waals surface area contributed by atoms with E-state index in [2.05, 4.69) is 20.9 Å². The van der Waals surface area contributed by atoms with Gasteiger partial charge in [0.1, 0.15) is 11.5 Å². The zero-order valence-electron chi connectivity index (χ0n) is 13.2. The molecule has 4 nitrogen and oxygen atoms in total. The summed E-state index contributed by atoms with van der Waals surface area (Å²) in [6.07, 6.45) is 15.2. The molecule has 0 spiro atoms. The molecule has 23 heavy (non-hydrogen) atoms. The van der Waals surface area contributed by atoms with Crippen LogP contribution in [0.2, 0.25) is 0 Å². The molecule has 0 radical (unpaired) electrons. The number of nitrogens with zero attached hydrogens (tertiary/aromatic N) is 1. The van der Waals surface area contributed by atoms with Gasteiger partial charge in [-0.1, -0.05) is 78.4 Å². The number of allylic oxidation sites excluding steroid dienone is 4. The lowest BCUT2D eigenvalue weighted by molar-refractivity contribution is 0.109. The molecular formula is C17H24BrFN4. The first-order valence-electron chi connectivity index (χ1n) is 8.01. The largest absolute Gasteiger partial charge is 0.383 e. The van der Waals surface area contributed by atoms with Crippen molar-refractivity contribution in [3.05, 3.63) is 36.0 Å². The zero-order chi connectivity index (χ0) is 16.9. The Hall–Kier alpha value is -1.43. The molecule has 0 amide bonds. The van der Waals surface area contributed by atoms with Gasteiger partial charge >= 0.3 is 0 Å². The number of hydrogen-bond acceptors (Lipinski definition) is 1. The molecule has 126 valence electrons. The van der Waals surface area contributed by atoms with Crippen LogP contribution in [0, 0.1) is 5.41 Å². The molecule has 0 saturated heterocycles. The fourth-order valence-corrected chi connectivity index (χ4v) is 3.81. The summed E-state index contributed by atoms with van der Waals surface area (Å²) in [6.45, 7) is 0. The van der Waals surface area contributed by atoms with Gasteiger partial charge in [0.25, 0.3) is 0 Å². The van der Waals surface area contributed by atoms with Crippen LogP contribution in [-0.4, -0.2) is 21.8 Å². The van der Waals surface area contributed by atoms with E-state index in [1.807, 2.05) is 6.08 Å². The van der Waals surface area contributed by atoms with Gasteiger partial charge in [-0.15, -0.1) is 0 Å². The van der Waals surface area contributed by atoms with E-state index >= 15 is 4.39 Å². The molecule has 1 unspecified atom stereocenters. The Morgan fingerprint density at radius 3 is 2.35 bits per heavy atom. The van der Waals surface area contributed by atoms with E-state index in [4.69, 9.17) is 16.9 Å². The van der Waals surface area contributed by atoms with Crippen molar-refractivity contribution in [3.8, 4) is 0 Å². The summed E-state index contributed by atoms with van der Waals surface area (Å²) in [7, 11) is 0. The number of halogens is 2. The molecule has 2 aliphatic rings. The lowest BCUT2D eigenvalue weighted by Crippen LogP contribution is -2.44. The van der Waals surface area contributed by atoms with E-state index in [0.29, 0.717) is 18.4 Å². The summed E-state index contributed by atoms with van der Waals surface area (Å²) in [5.74, 6) is -0.196. The summed E-state index contributed by atoms with van der Waals surface area (Å²) in [6, 6.07) is 0. The van der Waals surface area contributed by atoms with Crippen molar-refractivity contribution >= 4 is 27.7 Å². The zero-order valence-corrected chi connectivity index (χ0v) is 14.8. The van der Waals surface area contributed by atoms with E-state index in [-0.39, 0.29) is 11.8 Å². The van der Waals surface area contributed by atoms with Gasteiger partial charge in [0.2, 0.25) is 5.96 Å². The smallest absolute Gasteiger partial charge is 0.214 e. The first-order chi connectivity index (χ1) is 10.9. The van der Waals surface area contributed by atoms with Gasteiger partial charge < -0.3 is 11.5 Å². The number of rotatable bonds is 2. The Balaban J connectivity index is 2.25. The van der Waals surface area contributed by atoms with Crippen LogP contribution in [0.4, 0.5) is 4.39 Å². The summed E-state index contributed by atoms with van der Waals surface area (Å²) in [5, 5.41) is 7.18. The fourth-order valence-electron chi connectivity index (χ4n) is 3.13. The maximum Gasteiger partial charge on any atom is 0.214 e. The highest BCUT2D eigenvalue weighted by Gasteiger charge is 2.47. The van der Waals surface area contributed by atoms with Crippen molar-refractivity contribution < 1.29 is 4.39 Å². The van der Waals surface area contributed by atoms with E-state index in [1.54, 1.807) is 24.3 Å². The Labute approximate surface area is 145 Å². The fraction of sp³-hybridized carbons (Fsp3) is 0.529. The number of aliphatic imine (C=N–C) groups is 1. The van der Waals surface area contributed by atoms with Crippen molar-refractivity contribution in [1.82, 2.24) is 0 Å². The second-order valence-corrected chi connectivity index (χ2v) is 7.51. The minimum atomic E-state index is -1.32. The van der Waals surface area contributed by atoms with Crippen LogP contribution in [0.5, 0.6) is 0 Å². The van der Waals surface area contributed by atoms with Crippen LogP contribution in [0.15, 0.2) is 40.9 Å².